The number of nitrogen functional groups attached to an aromatic ring is 1. The van der Waals surface area contributed by atoms with Crippen LogP contribution in [0.15, 0.2) is 22.3 Å². The van der Waals surface area contributed by atoms with Crippen LogP contribution >= 0.6 is 35.5 Å². The predicted molar refractivity (Wildman–Crippen MR) is 98.1 cm³/mol. The summed E-state index contributed by atoms with van der Waals surface area (Å²) in [6.45, 7) is 0. The van der Waals surface area contributed by atoms with Crippen molar-refractivity contribution in [1.29, 1.82) is 0 Å². The van der Waals surface area contributed by atoms with Crippen molar-refractivity contribution < 1.29 is 24.3 Å². The van der Waals surface area contributed by atoms with E-state index in [4.69, 9.17) is 10.8 Å². The topological polar surface area (TPSA) is 147 Å². The van der Waals surface area contributed by atoms with Crippen molar-refractivity contribution in [2.45, 2.75) is 11.4 Å². The second-order valence-corrected chi connectivity index (χ2v) is 7.01. The largest absolute Gasteiger partial charge is 0.477 e. The first-order valence-corrected chi connectivity index (χ1v) is 8.88. The summed E-state index contributed by atoms with van der Waals surface area (Å²) in [6.07, 6.45) is 1.47. The molecule has 1 aromatic rings. The molecule has 1 aromatic heterocycles. The van der Waals surface area contributed by atoms with Crippen LogP contribution in [0.2, 0.25) is 0 Å². The lowest BCUT2D eigenvalue weighted by atomic mass is 10.0. The van der Waals surface area contributed by atoms with E-state index in [-0.39, 0.29) is 34.6 Å². The number of nitrogens with zero attached hydrogens (tertiary/aromatic N) is 3. The van der Waals surface area contributed by atoms with Crippen molar-refractivity contribution in [1.82, 2.24) is 15.2 Å². The second kappa shape index (κ2) is 7.93. The molecule has 0 bridgehead atoms. The van der Waals surface area contributed by atoms with Crippen LogP contribution in [-0.4, -0.2) is 62.8 Å². The highest BCUT2D eigenvalue weighted by Crippen LogP contribution is 2.37. The van der Waals surface area contributed by atoms with Gasteiger partial charge < -0.3 is 21.0 Å². The maximum absolute atomic E-state index is 12.5. The summed E-state index contributed by atoms with van der Waals surface area (Å²) in [5, 5.41) is 16.7. The monoisotopic (exact) mass is 419 g/mol. The molecule has 1 saturated heterocycles. The van der Waals surface area contributed by atoms with Gasteiger partial charge in [0.05, 0.1) is 0 Å². The lowest BCUT2D eigenvalue weighted by Gasteiger charge is -2.48. The molecule has 140 valence electrons. The van der Waals surface area contributed by atoms with Gasteiger partial charge in [-0.05, 0) is 6.08 Å². The number of halogens is 1. The first-order valence-electron chi connectivity index (χ1n) is 6.95. The van der Waals surface area contributed by atoms with Gasteiger partial charge in [-0.25, -0.2) is 9.78 Å². The fourth-order valence-corrected chi connectivity index (χ4v) is 4.18. The fourth-order valence-electron chi connectivity index (χ4n) is 2.44. The number of aromatic nitrogens is 1. The number of nitrogens with two attached hydrogens (primary N) is 1. The minimum absolute atomic E-state index is 0. The average Bonchev–Trinajstić information content (AvgIpc) is 3.02. The van der Waals surface area contributed by atoms with Gasteiger partial charge in [0.15, 0.2) is 10.8 Å². The molecule has 0 saturated carbocycles. The van der Waals surface area contributed by atoms with E-state index < -0.39 is 29.2 Å². The van der Waals surface area contributed by atoms with Gasteiger partial charge in [0.1, 0.15) is 29.9 Å². The number of amides is 2. The average molecular weight is 420 g/mol. The van der Waals surface area contributed by atoms with E-state index in [2.05, 4.69) is 20.3 Å². The summed E-state index contributed by atoms with van der Waals surface area (Å²) < 4.78 is 0. The SMILES string of the molecule is CO/N=C(/C(=O)NC1C(=O)N2C(C(=O)O)=CCSC12)c1csc(N)n1.Cl. The molecule has 2 atom stereocenters. The van der Waals surface area contributed by atoms with Gasteiger partial charge in [-0.1, -0.05) is 5.16 Å². The summed E-state index contributed by atoms with van der Waals surface area (Å²) in [5.41, 5.74) is 5.60. The second-order valence-electron chi connectivity index (χ2n) is 4.97. The highest BCUT2D eigenvalue weighted by Gasteiger charge is 2.53. The molecule has 2 unspecified atom stereocenters. The highest BCUT2D eigenvalue weighted by molar-refractivity contribution is 8.00. The Morgan fingerprint density at radius 1 is 1.54 bits per heavy atom. The Labute approximate surface area is 161 Å². The van der Waals surface area contributed by atoms with Gasteiger partial charge in [-0.2, -0.15) is 0 Å². The zero-order chi connectivity index (χ0) is 18.1. The summed E-state index contributed by atoms with van der Waals surface area (Å²) in [4.78, 5) is 45.7. The molecule has 2 aliphatic rings. The Kier molecular flexibility index (Phi) is 6.10. The number of carbonyl (C=O) groups excluding carboxylic acids is 2. The predicted octanol–water partition coefficient (Wildman–Crippen LogP) is -0.134. The zero-order valence-corrected chi connectivity index (χ0v) is 15.7. The molecule has 26 heavy (non-hydrogen) atoms. The fraction of sp³-hybridized carbons (Fsp3) is 0.308. The van der Waals surface area contributed by atoms with Crippen LogP contribution in [-0.2, 0) is 19.2 Å². The molecule has 0 aromatic carbocycles. The van der Waals surface area contributed by atoms with E-state index in [0.29, 0.717) is 5.75 Å². The third-order valence-corrected chi connectivity index (χ3v) is 5.37. The standard InChI is InChI=1S/C13H13N5O5S2.ClH/c1-23-17-7(5-4-25-13(14)15-5)9(19)16-8-10(20)18-6(12(21)22)2-3-24-11(8)18;/h2,4,8,11H,3H2,1H3,(H2,14,15)(H,16,19)(H,21,22);1H/b17-7+;. The highest BCUT2D eigenvalue weighted by atomic mass is 35.5. The molecule has 1 fully saturated rings. The number of thiazole rings is 1. The molecule has 3 rings (SSSR count). The summed E-state index contributed by atoms with van der Waals surface area (Å²) in [6, 6.07) is -0.849. The number of hydrogen-bond donors (Lipinski definition) is 3. The maximum atomic E-state index is 12.5. The van der Waals surface area contributed by atoms with Gasteiger partial charge in [-0.15, -0.1) is 35.5 Å². The van der Waals surface area contributed by atoms with E-state index >= 15 is 0 Å². The zero-order valence-electron chi connectivity index (χ0n) is 13.2. The number of β-lactam (4-membered cyclic amide) rings is 1. The normalized spacial score (nSPS) is 21.7. The van der Waals surface area contributed by atoms with Crippen molar-refractivity contribution in [3.05, 3.63) is 22.8 Å². The summed E-state index contributed by atoms with van der Waals surface area (Å²) >= 11 is 2.49. The Balaban J connectivity index is 0.00000243. The van der Waals surface area contributed by atoms with Crippen LogP contribution < -0.4 is 11.1 Å². The van der Waals surface area contributed by atoms with Crippen molar-refractivity contribution in [2.75, 3.05) is 18.6 Å². The number of aliphatic carboxylic acids is 1. The third-order valence-electron chi connectivity index (χ3n) is 3.51. The molecule has 0 radical (unpaired) electrons. The lowest BCUT2D eigenvalue weighted by molar-refractivity contribution is -0.150. The van der Waals surface area contributed by atoms with Crippen molar-refractivity contribution >= 4 is 64.1 Å². The van der Waals surface area contributed by atoms with Crippen LogP contribution in [0.1, 0.15) is 5.69 Å². The van der Waals surface area contributed by atoms with Crippen molar-refractivity contribution in [3.63, 3.8) is 0 Å². The number of fused-ring (bicyclic) bond motifs is 1. The molecule has 4 N–H and O–H groups in total. The van der Waals surface area contributed by atoms with Crippen LogP contribution in [0.3, 0.4) is 0 Å². The third kappa shape index (κ3) is 3.48. The van der Waals surface area contributed by atoms with E-state index in [1.807, 2.05) is 0 Å². The number of carboxylic acids is 1. The molecule has 13 heteroatoms. The molecular weight excluding hydrogens is 406 g/mol. The van der Waals surface area contributed by atoms with E-state index in [1.165, 1.54) is 24.9 Å². The molecule has 2 aliphatic heterocycles. The van der Waals surface area contributed by atoms with Gasteiger partial charge in [-0.3, -0.25) is 14.5 Å². The number of carboxylic acid groups (broad SMARTS) is 1. The number of oxime groups is 1. The van der Waals surface area contributed by atoms with Crippen molar-refractivity contribution in [3.8, 4) is 0 Å². The lowest BCUT2D eigenvalue weighted by Crippen LogP contribution is -2.70. The van der Waals surface area contributed by atoms with Crippen LogP contribution in [0.4, 0.5) is 5.13 Å². The van der Waals surface area contributed by atoms with Gasteiger partial charge in [0, 0.05) is 11.1 Å². The van der Waals surface area contributed by atoms with E-state index in [1.54, 1.807) is 5.38 Å². The smallest absolute Gasteiger partial charge is 0.352 e. The molecule has 10 nitrogen and oxygen atoms in total. The number of nitrogens with one attached hydrogen (secondary N) is 1. The van der Waals surface area contributed by atoms with Gasteiger partial charge in [0.2, 0.25) is 0 Å². The molecule has 2 amide bonds. The number of rotatable bonds is 5. The van der Waals surface area contributed by atoms with Gasteiger partial charge in [0.25, 0.3) is 11.8 Å². The summed E-state index contributed by atoms with van der Waals surface area (Å²) in [7, 11) is 1.28. The van der Waals surface area contributed by atoms with E-state index in [9.17, 15) is 14.4 Å². The van der Waals surface area contributed by atoms with Crippen LogP contribution in [0.25, 0.3) is 0 Å². The molecule has 0 aliphatic carbocycles. The maximum Gasteiger partial charge on any atom is 0.352 e. The van der Waals surface area contributed by atoms with Gasteiger partial charge >= 0.3 is 5.97 Å². The minimum Gasteiger partial charge on any atom is -0.477 e. The molecule has 0 spiro atoms. The van der Waals surface area contributed by atoms with Crippen LogP contribution in [0.5, 0.6) is 0 Å². The quantitative estimate of drug-likeness (QED) is 0.339. The van der Waals surface area contributed by atoms with Crippen molar-refractivity contribution in [2.24, 2.45) is 5.16 Å². The summed E-state index contributed by atoms with van der Waals surface area (Å²) in [5.74, 6) is -1.89. The number of thioether (sulfide) groups is 1. The van der Waals surface area contributed by atoms with Crippen LogP contribution in [0, 0.1) is 0 Å². The minimum atomic E-state index is -1.18. The Morgan fingerprint density at radius 3 is 2.85 bits per heavy atom. The number of carbonyl (C=O) groups is 3. The molecule has 3 heterocycles. The van der Waals surface area contributed by atoms with E-state index in [0.717, 1.165) is 16.2 Å². The first kappa shape index (κ1) is 20.0. The number of anilines is 1. The number of hydrogen-bond acceptors (Lipinski definition) is 9. The molecular formula is C13H14ClN5O5S2. The Hall–Kier alpha value is -2.31. The first-order chi connectivity index (χ1) is 11.9. The Morgan fingerprint density at radius 2 is 2.27 bits per heavy atom. The Bertz CT molecular complexity index is 811.